The van der Waals surface area contributed by atoms with Crippen LogP contribution in [0.3, 0.4) is 0 Å². The van der Waals surface area contributed by atoms with Crippen molar-refractivity contribution in [1.29, 1.82) is 0 Å². The summed E-state index contributed by atoms with van der Waals surface area (Å²) in [6.45, 7) is 3.64. The van der Waals surface area contributed by atoms with Crippen molar-refractivity contribution in [3.05, 3.63) is 10.6 Å². The highest BCUT2D eigenvalue weighted by Gasteiger charge is 2.27. The first-order valence-corrected chi connectivity index (χ1v) is 7.69. The number of Topliss-reactive ketones (excluding diaryl/α,β-unsaturated/α-hetero) is 1. The monoisotopic (exact) mass is 296 g/mol. The van der Waals surface area contributed by atoms with E-state index in [1.165, 1.54) is 31.1 Å². The van der Waals surface area contributed by atoms with Crippen LogP contribution in [-0.2, 0) is 0 Å². The maximum Gasteiger partial charge on any atom is 0.356 e. The molecule has 5 nitrogen and oxygen atoms in total. The van der Waals surface area contributed by atoms with Crippen LogP contribution in [0.2, 0.25) is 0 Å². The van der Waals surface area contributed by atoms with Crippen molar-refractivity contribution in [2.24, 2.45) is 5.92 Å². The number of carboxylic acids is 1. The van der Waals surface area contributed by atoms with Crippen LogP contribution >= 0.6 is 11.3 Å². The molecule has 1 aliphatic carbocycles. The van der Waals surface area contributed by atoms with E-state index in [0.29, 0.717) is 11.2 Å². The minimum absolute atomic E-state index is 0.117. The summed E-state index contributed by atoms with van der Waals surface area (Å²) >= 11 is 1.18. The SMILES string of the molecule is CC(=O)c1sc(N(C)C2CCC(C)CC2)nc1C(=O)O. The van der Waals surface area contributed by atoms with Gasteiger partial charge in [0.05, 0.1) is 0 Å². The summed E-state index contributed by atoms with van der Waals surface area (Å²) in [7, 11) is 1.94. The van der Waals surface area contributed by atoms with Gasteiger partial charge in [-0.25, -0.2) is 9.78 Å². The number of rotatable bonds is 4. The van der Waals surface area contributed by atoms with Gasteiger partial charge in [0.25, 0.3) is 0 Å². The average molecular weight is 296 g/mol. The number of anilines is 1. The van der Waals surface area contributed by atoms with Crippen molar-refractivity contribution in [3.8, 4) is 0 Å². The lowest BCUT2D eigenvalue weighted by molar-refractivity contribution is 0.0687. The summed E-state index contributed by atoms with van der Waals surface area (Å²) in [5.74, 6) is -0.613. The first kappa shape index (κ1) is 15.0. The molecule has 6 heteroatoms. The first-order chi connectivity index (χ1) is 9.40. The quantitative estimate of drug-likeness (QED) is 0.865. The molecule has 0 bridgehead atoms. The van der Waals surface area contributed by atoms with Gasteiger partial charge >= 0.3 is 5.97 Å². The van der Waals surface area contributed by atoms with E-state index in [1.807, 2.05) is 11.9 Å². The summed E-state index contributed by atoms with van der Waals surface area (Å²) in [6.07, 6.45) is 4.56. The highest BCUT2D eigenvalue weighted by molar-refractivity contribution is 7.17. The lowest BCUT2D eigenvalue weighted by atomic mass is 9.87. The van der Waals surface area contributed by atoms with Crippen molar-refractivity contribution >= 4 is 28.2 Å². The van der Waals surface area contributed by atoms with Gasteiger partial charge in [0, 0.05) is 20.0 Å². The van der Waals surface area contributed by atoms with Crippen molar-refractivity contribution in [2.45, 2.75) is 45.6 Å². The molecule has 1 aromatic rings. The van der Waals surface area contributed by atoms with Crippen molar-refractivity contribution < 1.29 is 14.7 Å². The zero-order valence-corrected chi connectivity index (χ0v) is 12.9. The van der Waals surface area contributed by atoms with Crippen molar-refractivity contribution in [1.82, 2.24) is 4.98 Å². The molecule has 1 fully saturated rings. The third kappa shape index (κ3) is 3.00. The largest absolute Gasteiger partial charge is 0.476 e. The average Bonchev–Trinajstić information content (AvgIpc) is 2.84. The number of aromatic nitrogens is 1. The molecule has 0 radical (unpaired) electrons. The van der Waals surface area contributed by atoms with Crippen molar-refractivity contribution in [3.63, 3.8) is 0 Å². The predicted molar refractivity (Wildman–Crippen MR) is 78.9 cm³/mol. The maximum atomic E-state index is 11.5. The number of ketones is 1. The van der Waals surface area contributed by atoms with Crippen molar-refractivity contribution in [2.75, 3.05) is 11.9 Å². The van der Waals surface area contributed by atoms with Crippen LogP contribution in [0.4, 0.5) is 5.13 Å². The van der Waals surface area contributed by atoms with E-state index in [9.17, 15) is 9.59 Å². The second-order valence-corrected chi connectivity index (χ2v) is 6.54. The summed E-state index contributed by atoms with van der Waals surface area (Å²) in [5.41, 5.74) is -0.117. The zero-order valence-electron chi connectivity index (χ0n) is 12.0. The number of nitrogens with zero attached hydrogens (tertiary/aromatic N) is 2. The number of hydrogen-bond acceptors (Lipinski definition) is 5. The molecule has 0 aromatic carbocycles. The van der Waals surface area contributed by atoms with Gasteiger partial charge in [0.15, 0.2) is 16.6 Å². The first-order valence-electron chi connectivity index (χ1n) is 6.88. The summed E-state index contributed by atoms with van der Waals surface area (Å²) < 4.78 is 0. The molecule has 2 rings (SSSR count). The third-order valence-electron chi connectivity index (χ3n) is 3.97. The van der Waals surface area contributed by atoms with E-state index in [0.717, 1.165) is 18.8 Å². The maximum absolute atomic E-state index is 11.5. The fourth-order valence-corrected chi connectivity index (χ4v) is 3.62. The molecule has 0 saturated heterocycles. The topological polar surface area (TPSA) is 70.5 Å². The van der Waals surface area contributed by atoms with Crippen LogP contribution in [0.1, 0.15) is 59.7 Å². The van der Waals surface area contributed by atoms with Crippen LogP contribution in [0.25, 0.3) is 0 Å². The smallest absolute Gasteiger partial charge is 0.356 e. The lowest BCUT2D eigenvalue weighted by Crippen LogP contribution is -2.34. The van der Waals surface area contributed by atoms with E-state index in [-0.39, 0.29) is 16.4 Å². The van der Waals surface area contributed by atoms with E-state index >= 15 is 0 Å². The summed E-state index contributed by atoms with van der Waals surface area (Å²) in [5, 5.41) is 9.76. The fraction of sp³-hybridized carbons (Fsp3) is 0.643. The molecule has 0 atom stereocenters. The predicted octanol–water partition coefficient (Wildman–Crippen LogP) is 3.06. The number of carbonyl (C=O) groups excluding carboxylic acids is 1. The van der Waals surface area contributed by atoms with Gasteiger partial charge in [-0.15, -0.1) is 0 Å². The van der Waals surface area contributed by atoms with E-state index in [4.69, 9.17) is 5.11 Å². The summed E-state index contributed by atoms with van der Waals surface area (Å²) in [4.78, 5) is 29.1. The molecular formula is C14H20N2O3S. The van der Waals surface area contributed by atoms with E-state index in [2.05, 4.69) is 11.9 Å². The number of carboxylic acid groups (broad SMARTS) is 1. The van der Waals surface area contributed by atoms with Crippen LogP contribution in [0, 0.1) is 5.92 Å². The minimum atomic E-state index is -1.14. The normalized spacial score (nSPS) is 22.6. The second kappa shape index (κ2) is 5.91. The Labute approximate surface area is 122 Å². The number of carbonyl (C=O) groups is 2. The Kier molecular flexibility index (Phi) is 4.42. The standard InChI is InChI=1S/C14H20N2O3S/c1-8-4-6-10(7-5-8)16(3)14-15-11(13(18)19)12(20-14)9(2)17/h8,10H,4-7H2,1-3H3,(H,18,19). The van der Waals surface area contributed by atoms with Crippen LogP contribution in [-0.4, -0.2) is 34.9 Å². The Bertz CT molecular complexity index is 487. The van der Waals surface area contributed by atoms with Gasteiger partial charge in [-0.2, -0.15) is 0 Å². The highest BCUT2D eigenvalue weighted by Crippen LogP contribution is 2.33. The van der Waals surface area contributed by atoms with Gasteiger partial charge in [-0.1, -0.05) is 18.3 Å². The molecule has 0 unspecified atom stereocenters. The molecule has 1 saturated carbocycles. The van der Waals surface area contributed by atoms with Gasteiger partial charge < -0.3 is 10.0 Å². The van der Waals surface area contributed by atoms with Gasteiger partial charge in [-0.05, 0) is 31.6 Å². The molecule has 0 spiro atoms. The van der Waals surface area contributed by atoms with E-state index in [1.54, 1.807) is 0 Å². The molecule has 110 valence electrons. The molecule has 1 N–H and O–H groups in total. The number of aromatic carboxylic acids is 1. The second-order valence-electron chi connectivity index (χ2n) is 5.56. The van der Waals surface area contributed by atoms with E-state index < -0.39 is 5.97 Å². The van der Waals surface area contributed by atoms with Crippen LogP contribution in [0.15, 0.2) is 0 Å². The molecule has 20 heavy (non-hydrogen) atoms. The Balaban J connectivity index is 2.22. The molecule has 1 heterocycles. The minimum Gasteiger partial charge on any atom is -0.476 e. The molecule has 1 aromatic heterocycles. The molecule has 0 aliphatic heterocycles. The lowest BCUT2D eigenvalue weighted by Gasteiger charge is -2.33. The molecular weight excluding hydrogens is 276 g/mol. The Morgan fingerprint density at radius 2 is 1.90 bits per heavy atom. The molecule has 1 aliphatic rings. The van der Waals surface area contributed by atoms with Gasteiger partial charge in [0.2, 0.25) is 0 Å². The molecule has 0 amide bonds. The number of hydrogen-bond donors (Lipinski definition) is 1. The summed E-state index contributed by atoms with van der Waals surface area (Å²) in [6, 6.07) is 0.388. The Morgan fingerprint density at radius 1 is 1.30 bits per heavy atom. The van der Waals surface area contributed by atoms with Crippen LogP contribution < -0.4 is 4.90 Å². The number of thiazole rings is 1. The Morgan fingerprint density at radius 3 is 2.35 bits per heavy atom. The fourth-order valence-electron chi connectivity index (χ4n) is 2.63. The zero-order chi connectivity index (χ0) is 14.9. The van der Waals surface area contributed by atoms with Gasteiger partial charge in [0.1, 0.15) is 4.88 Å². The highest BCUT2D eigenvalue weighted by atomic mass is 32.1. The van der Waals surface area contributed by atoms with Crippen LogP contribution in [0.5, 0.6) is 0 Å². The third-order valence-corrected chi connectivity index (χ3v) is 5.22. The Hall–Kier alpha value is -1.43. The van der Waals surface area contributed by atoms with Gasteiger partial charge in [-0.3, -0.25) is 4.79 Å².